The average Bonchev–Trinajstić information content (AvgIpc) is 2.86. The standard InChI is InChI=1S/C10H15NO3S2/c12-10(9-3-4-15-6-9)5-11-16(13,14)7-8-1-2-8/h3-4,6,8,10-12H,1-2,5,7H2. The van der Waals surface area contributed by atoms with Crippen LogP contribution in [0, 0.1) is 5.92 Å². The van der Waals surface area contributed by atoms with E-state index in [1.54, 1.807) is 6.07 Å². The molecule has 1 unspecified atom stereocenters. The second kappa shape index (κ2) is 4.83. The fraction of sp³-hybridized carbons (Fsp3) is 0.600. The van der Waals surface area contributed by atoms with Crippen molar-refractivity contribution in [3.05, 3.63) is 22.4 Å². The van der Waals surface area contributed by atoms with Gasteiger partial charge in [-0.2, -0.15) is 11.3 Å². The molecule has 0 amide bonds. The summed E-state index contributed by atoms with van der Waals surface area (Å²) in [5.41, 5.74) is 0.763. The SMILES string of the molecule is O=S(=O)(CC1CC1)NCC(O)c1ccsc1. The minimum absolute atomic E-state index is 0.0613. The van der Waals surface area contributed by atoms with Crippen LogP contribution in [0.15, 0.2) is 16.8 Å². The molecule has 16 heavy (non-hydrogen) atoms. The van der Waals surface area contributed by atoms with Gasteiger partial charge in [0, 0.05) is 6.54 Å². The molecule has 1 saturated carbocycles. The van der Waals surface area contributed by atoms with Crippen LogP contribution in [0.2, 0.25) is 0 Å². The Balaban J connectivity index is 1.82. The van der Waals surface area contributed by atoms with E-state index in [1.807, 2.05) is 10.8 Å². The lowest BCUT2D eigenvalue weighted by molar-refractivity contribution is 0.182. The molecule has 1 aliphatic rings. The average molecular weight is 261 g/mol. The molecular formula is C10H15NO3S2. The minimum atomic E-state index is -3.21. The van der Waals surface area contributed by atoms with E-state index in [1.165, 1.54) is 11.3 Å². The first kappa shape index (κ1) is 12.0. The quantitative estimate of drug-likeness (QED) is 0.806. The van der Waals surface area contributed by atoms with Crippen molar-refractivity contribution in [1.82, 2.24) is 4.72 Å². The third-order valence-corrected chi connectivity index (χ3v) is 4.79. The van der Waals surface area contributed by atoms with Gasteiger partial charge in [0.1, 0.15) is 0 Å². The molecule has 6 heteroatoms. The Morgan fingerprint density at radius 1 is 1.56 bits per heavy atom. The summed E-state index contributed by atoms with van der Waals surface area (Å²) in [6, 6.07) is 1.80. The summed E-state index contributed by atoms with van der Waals surface area (Å²) in [4.78, 5) is 0. The van der Waals surface area contributed by atoms with Gasteiger partial charge in [-0.05, 0) is 41.1 Å². The number of nitrogens with one attached hydrogen (secondary N) is 1. The van der Waals surface area contributed by atoms with Gasteiger partial charge in [0.2, 0.25) is 10.0 Å². The molecule has 1 fully saturated rings. The fourth-order valence-electron chi connectivity index (χ4n) is 1.44. The van der Waals surface area contributed by atoms with Gasteiger partial charge >= 0.3 is 0 Å². The van der Waals surface area contributed by atoms with Gasteiger partial charge < -0.3 is 5.11 Å². The molecule has 0 aromatic carbocycles. The van der Waals surface area contributed by atoms with E-state index in [0.717, 1.165) is 18.4 Å². The van der Waals surface area contributed by atoms with Crippen LogP contribution in [0.5, 0.6) is 0 Å². The molecular weight excluding hydrogens is 246 g/mol. The number of rotatable bonds is 6. The zero-order chi connectivity index (χ0) is 11.6. The zero-order valence-electron chi connectivity index (χ0n) is 8.80. The Bertz CT molecular complexity index is 423. The first-order chi connectivity index (χ1) is 7.57. The second-order valence-electron chi connectivity index (χ2n) is 4.15. The highest BCUT2D eigenvalue weighted by molar-refractivity contribution is 7.89. The maximum atomic E-state index is 11.5. The molecule has 90 valence electrons. The Kier molecular flexibility index (Phi) is 3.63. The lowest BCUT2D eigenvalue weighted by Crippen LogP contribution is -2.31. The summed E-state index contributed by atoms with van der Waals surface area (Å²) in [6.45, 7) is 0.0613. The van der Waals surface area contributed by atoms with Gasteiger partial charge in [0.15, 0.2) is 0 Å². The molecule has 1 atom stereocenters. The van der Waals surface area contributed by atoms with E-state index >= 15 is 0 Å². The number of aliphatic hydroxyl groups excluding tert-OH is 1. The molecule has 0 spiro atoms. The highest BCUT2D eigenvalue weighted by atomic mass is 32.2. The van der Waals surface area contributed by atoms with Gasteiger partial charge in [-0.3, -0.25) is 0 Å². The van der Waals surface area contributed by atoms with E-state index in [4.69, 9.17) is 0 Å². The van der Waals surface area contributed by atoms with Crippen LogP contribution in [-0.2, 0) is 10.0 Å². The Hall–Kier alpha value is -0.430. The van der Waals surface area contributed by atoms with Crippen molar-refractivity contribution in [2.75, 3.05) is 12.3 Å². The maximum Gasteiger partial charge on any atom is 0.211 e. The molecule has 2 N–H and O–H groups in total. The Morgan fingerprint density at radius 3 is 2.88 bits per heavy atom. The molecule has 4 nitrogen and oxygen atoms in total. The minimum Gasteiger partial charge on any atom is -0.387 e. The lowest BCUT2D eigenvalue weighted by atomic mass is 10.2. The van der Waals surface area contributed by atoms with Gasteiger partial charge in [-0.15, -0.1) is 0 Å². The van der Waals surface area contributed by atoms with E-state index in [-0.39, 0.29) is 12.3 Å². The highest BCUT2D eigenvalue weighted by Crippen LogP contribution is 2.30. The third kappa shape index (κ3) is 3.55. The van der Waals surface area contributed by atoms with Crippen LogP contribution in [-0.4, -0.2) is 25.8 Å². The largest absolute Gasteiger partial charge is 0.387 e. The zero-order valence-corrected chi connectivity index (χ0v) is 10.4. The molecule has 0 saturated heterocycles. The van der Waals surface area contributed by atoms with E-state index < -0.39 is 16.1 Å². The van der Waals surface area contributed by atoms with Crippen molar-refractivity contribution >= 4 is 21.4 Å². The molecule has 0 radical (unpaired) electrons. The van der Waals surface area contributed by atoms with Crippen LogP contribution in [0.1, 0.15) is 24.5 Å². The number of hydrogen-bond acceptors (Lipinski definition) is 4. The number of thiophene rings is 1. The van der Waals surface area contributed by atoms with Gasteiger partial charge in [0.05, 0.1) is 11.9 Å². The van der Waals surface area contributed by atoms with Crippen LogP contribution < -0.4 is 4.72 Å². The van der Waals surface area contributed by atoms with Crippen molar-refractivity contribution in [1.29, 1.82) is 0 Å². The third-order valence-electron chi connectivity index (χ3n) is 2.58. The molecule has 1 aliphatic carbocycles. The van der Waals surface area contributed by atoms with Gasteiger partial charge in [-0.1, -0.05) is 0 Å². The van der Waals surface area contributed by atoms with E-state index in [9.17, 15) is 13.5 Å². The van der Waals surface area contributed by atoms with Crippen molar-refractivity contribution in [3.8, 4) is 0 Å². The molecule has 1 heterocycles. The first-order valence-electron chi connectivity index (χ1n) is 5.24. The van der Waals surface area contributed by atoms with Gasteiger partial charge in [-0.25, -0.2) is 13.1 Å². The van der Waals surface area contributed by atoms with Crippen LogP contribution in [0.4, 0.5) is 0 Å². The second-order valence-corrected chi connectivity index (χ2v) is 6.78. The predicted octanol–water partition coefficient (Wildman–Crippen LogP) is 1.11. The topological polar surface area (TPSA) is 66.4 Å². The normalized spacial score (nSPS) is 18.6. The van der Waals surface area contributed by atoms with Gasteiger partial charge in [0.25, 0.3) is 0 Å². The van der Waals surface area contributed by atoms with Crippen LogP contribution in [0.25, 0.3) is 0 Å². The summed E-state index contributed by atoms with van der Waals surface area (Å²) < 4.78 is 25.5. The highest BCUT2D eigenvalue weighted by Gasteiger charge is 2.28. The van der Waals surface area contributed by atoms with E-state index in [2.05, 4.69) is 4.72 Å². The molecule has 1 aromatic rings. The molecule has 0 aliphatic heterocycles. The Labute approximate surface area is 99.4 Å². The summed E-state index contributed by atoms with van der Waals surface area (Å²) >= 11 is 1.48. The van der Waals surface area contributed by atoms with Crippen LogP contribution in [0.3, 0.4) is 0 Å². The first-order valence-corrected chi connectivity index (χ1v) is 7.84. The molecule has 1 aromatic heterocycles. The fourth-order valence-corrected chi connectivity index (χ4v) is 3.63. The number of aliphatic hydroxyl groups is 1. The van der Waals surface area contributed by atoms with Crippen molar-refractivity contribution in [3.63, 3.8) is 0 Å². The molecule has 2 rings (SSSR count). The van der Waals surface area contributed by atoms with Crippen molar-refractivity contribution in [2.24, 2.45) is 5.92 Å². The lowest BCUT2D eigenvalue weighted by Gasteiger charge is -2.10. The maximum absolute atomic E-state index is 11.5. The predicted molar refractivity (Wildman–Crippen MR) is 63.8 cm³/mol. The summed E-state index contributed by atoms with van der Waals surface area (Å²) in [7, 11) is -3.21. The van der Waals surface area contributed by atoms with Crippen molar-refractivity contribution in [2.45, 2.75) is 18.9 Å². The van der Waals surface area contributed by atoms with E-state index in [0.29, 0.717) is 5.92 Å². The number of sulfonamides is 1. The number of hydrogen-bond donors (Lipinski definition) is 2. The smallest absolute Gasteiger partial charge is 0.211 e. The monoisotopic (exact) mass is 261 g/mol. The summed E-state index contributed by atoms with van der Waals surface area (Å²) in [5, 5.41) is 13.4. The Morgan fingerprint density at radius 2 is 2.31 bits per heavy atom. The van der Waals surface area contributed by atoms with Crippen LogP contribution >= 0.6 is 11.3 Å². The summed E-state index contributed by atoms with van der Waals surface area (Å²) in [6.07, 6.45) is 1.27. The molecule has 0 bridgehead atoms. The summed E-state index contributed by atoms with van der Waals surface area (Å²) in [5.74, 6) is 0.527. The van der Waals surface area contributed by atoms with Crippen molar-refractivity contribution < 1.29 is 13.5 Å².